The predicted octanol–water partition coefficient (Wildman–Crippen LogP) is 2.66. The highest BCUT2D eigenvalue weighted by Gasteiger charge is 2.15. The third kappa shape index (κ3) is 5.41. The summed E-state index contributed by atoms with van der Waals surface area (Å²) in [7, 11) is 0. The van der Waals surface area contributed by atoms with Crippen LogP contribution in [-0.2, 0) is 11.3 Å². The summed E-state index contributed by atoms with van der Waals surface area (Å²) in [5.74, 6) is 2.44. The van der Waals surface area contributed by atoms with Crippen LogP contribution in [0.5, 0.6) is 11.5 Å². The predicted molar refractivity (Wildman–Crippen MR) is 104 cm³/mol. The average molecular weight is 447 g/mol. The molecule has 0 saturated carbocycles. The number of hydrogen-bond acceptors (Lipinski definition) is 4. The minimum absolute atomic E-state index is 0. The molecule has 2 N–H and O–H groups in total. The first kappa shape index (κ1) is 19.1. The molecule has 0 radical (unpaired) electrons. The summed E-state index contributed by atoms with van der Waals surface area (Å²) < 4.78 is 16.4. The summed E-state index contributed by atoms with van der Waals surface area (Å²) in [6.07, 6.45) is 3.78. The Morgan fingerprint density at radius 3 is 2.92 bits per heavy atom. The van der Waals surface area contributed by atoms with Crippen molar-refractivity contribution in [2.24, 2.45) is 4.99 Å². The Bertz CT molecular complexity index is 548. The molecule has 0 aliphatic carbocycles. The minimum atomic E-state index is 0. The zero-order valence-electron chi connectivity index (χ0n) is 14.0. The van der Waals surface area contributed by atoms with Crippen molar-refractivity contribution in [1.82, 2.24) is 10.6 Å². The van der Waals surface area contributed by atoms with Crippen LogP contribution < -0.4 is 20.1 Å². The van der Waals surface area contributed by atoms with E-state index in [2.05, 4.69) is 22.5 Å². The maximum Gasteiger partial charge on any atom is 0.231 e. The maximum atomic E-state index is 5.64. The standard InChI is InChI=1S/C17H25N3O3.HI/c1-2-18-17(19-8-7-14-4-3-9-21-14)20-11-13-5-6-15-16(10-13)23-12-22-15;/h5-6,10,14H,2-4,7-9,11-12H2,1H3,(H2,18,19,20);1H. The quantitative estimate of drug-likeness (QED) is 0.399. The van der Waals surface area contributed by atoms with Gasteiger partial charge in [0.05, 0.1) is 12.6 Å². The Kier molecular flexibility index (Phi) is 7.90. The molecule has 1 aromatic carbocycles. The van der Waals surface area contributed by atoms with Gasteiger partial charge in [-0.1, -0.05) is 6.07 Å². The van der Waals surface area contributed by atoms with E-state index >= 15 is 0 Å². The second kappa shape index (κ2) is 9.93. The van der Waals surface area contributed by atoms with E-state index in [9.17, 15) is 0 Å². The van der Waals surface area contributed by atoms with Crippen LogP contribution >= 0.6 is 24.0 Å². The number of ether oxygens (including phenoxy) is 3. The molecular weight excluding hydrogens is 421 g/mol. The van der Waals surface area contributed by atoms with Gasteiger partial charge in [-0.25, -0.2) is 4.99 Å². The van der Waals surface area contributed by atoms with Crippen molar-refractivity contribution in [2.75, 3.05) is 26.5 Å². The highest BCUT2D eigenvalue weighted by Crippen LogP contribution is 2.32. The Hall–Kier alpha value is -1.22. The lowest BCUT2D eigenvalue weighted by atomic mass is 10.2. The molecular formula is C17H26IN3O3. The first-order valence-electron chi connectivity index (χ1n) is 8.37. The Morgan fingerprint density at radius 2 is 2.12 bits per heavy atom. The Balaban J connectivity index is 0.00000208. The summed E-state index contributed by atoms with van der Waals surface area (Å²) >= 11 is 0. The van der Waals surface area contributed by atoms with Crippen LogP contribution in [0, 0.1) is 0 Å². The molecule has 7 heteroatoms. The molecule has 1 fully saturated rings. The average Bonchev–Trinajstić information content (AvgIpc) is 3.23. The number of guanidine groups is 1. The van der Waals surface area contributed by atoms with Gasteiger partial charge in [0.2, 0.25) is 6.79 Å². The SMILES string of the molecule is CCNC(=NCc1ccc2c(c1)OCO2)NCCC1CCCO1.I. The van der Waals surface area contributed by atoms with Crippen molar-refractivity contribution < 1.29 is 14.2 Å². The summed E-state index contributed by atoms with van der Waals surface area (Å²) in [4.78, 5) is 4.63. The largest absolute Gasteiger partial charge is 0.454 e. The lowest BCUT2D eigenvalue weighted by molar-refractivity contribution is 0.105. The van der Waals surface area contributed by atoms with Crippen LogP contribution in [0.2, 0.25) is 0 Å². The fourth-order valence-electron chi connectivity index (χ4n) is 2.77. The fourth-order valence-corrected chi connectivity index (χ4v) is 2.77. The summed E-state index contributed by atoms with van der Waals surface area (Å²) in [5, 5.41) is 6.65. The van der Waals surface area contributed by atoms with Crippen molar-refractivity contribution in [1.29, 1.82) is 0 Å². The molecule has 1 unspecified atom stereocenters. The molecule has 2 aliphatic rings. The maximum absolute atomic E-state index is 5.64. The van der Waals surface area contributed by atoms with Crippen LogP contribution in [0.1, 0.15) is 31.7 Å². The van der Waals surface area contributed by atoms with Crippen molar-refractivity contribution in [3.63, 3.8) is 0 Å². The topological polar surface area (TPSA) is 64.1 Å². The molecule has 2 aliphatic heterocycles. The van der Waals surface area contributed by atoms with Gasteiger partial charge < -0.3 is 24.8 Å². The van der Waals surface area contributed by atoms with E-state index in [0.717, 1.165) is 49.1 Å². The van der Waals surface area contributed by atoms with Crippen LogP contribution in [0.25, 0.3) is 0 Å². The van der Waals surface area contributed by atoms with Crippen LogP contribution in [0.4, 0.5) is 0 Å². The number of fused-ring (bicyclic) bond motifs is 1. The summed E-state index contributed by atoms with van der Waals surface area (Å²) in [5.41, 5.74) is 1.10. The van der Waals surface area contributed by atoms with E-state index in [-0.39, 0.29) is 24.0 Å². The van der Waals surface area contributed by atoms with E-state index in [4.69, 9.17) is 14.2 Å². The lowest BCUT2D eigenvalue weighted by Gasteiger charge is -2.13. The fraction of sp³-hybridized carbons (Fsp3) is 0.588. The highest BCUT2D eigenvalue weighted by atomic mass is 127. The van der Waals surface area contributed by atoms with Crippen molar-refractivity contribution in [3.05, 3.63) is 23.8 Å². The molecule has 1 saturated heterocycles. The van der Waals surface area contributed by atoms with Gasteiger partial charge >= 0.3 is 0 Å². The lowest BCUT2D eigenvalue weighted by Crippen LogP contribution is -2.38. The van der Waals surface area contributed by atoms with Crippen molar-refractivity contribution in [2.45, 2.75) is 38.8 Å². The third-order valence-electron chi connectivity index (χ3n) is 3.98. The smallest absolute Gasteiger partial charge is 0.231 e. The van der Waals surface area contributed by atoms with Gasteiger partial charge in [0.1, 0.15) is 0 Å². The van der Waals surface area contributed by atoms with Gasteiger partial charge in [-0.3, -0.25) is 0 Å². The Labute approximate surface area is 160 Å². The number of nitrogens with zero attached hydrogens (tertiary/aromatic N) is 1. The zero-order chi connectivity index (χ0) is 15.9. The molecule has 6 nitrogen and oxygen atoms in total. The third-order valence-corrected chi connectivity index (χ3v) is 3.98. The second-order valence-electron chi connectivity index (χ2n) is 5.73. The van der Waals surface area contributed by atoms with E-state index in [1.807, 2.05) is 18.2 Å². The summed E-state index contributed by atoms with van der Waals surface area (Å²) in [6, 6.07) is 5.94. The zero-order valence-corrected chi connectivity index (χ0v) is 16.4. The molecule has 134 valence electrons. The first-order valence-corrected chi connectivity index (χ1v) is 8.37. The van der Waals surface area contributed by atoms with Crippen LogP contribution in [0.3, 0.4) is 0 Å². The number of benzene rings is 1. The molecule has 1 aromatic rings. The van der Waals surface area contributed by atoms with Gasteiger partial charge in [-0.05, 0) is 43.9 Å². The normalized spacial score (nSPS) is 19.0. The van der Waals surface area contributed by atoms with Crippen molar-refractivity contribution >= 4 is 29.9 Å². The van der Waals surface area contributed by atoms with Gasteiger partial charge in [0, 0.05) is 19.7 Å². The monoisotopic (exact) mass is 447 g/mol. The van der Waals surface area contributed by atoms with Gasteiger partial charge in [0.25, 0.3) is 0 Å². The second-order valence-corrected chi connectivity index (χ2v) is 5.73. The molecule has 2 heterocycles. The summed E-state index contributed by atoms with van der Waals surface area (Å²) in [6.45, 7) is 5.59. The Morgan fingerprint density at radius 1 is 1.25 bits per heavy atom. The molecule has 0 spiro atoms. The molecule has 0 bridgehead atoms. The first-order chi connectivity index (χ1) is 11.3. The number of rotatable bonds is 6. The van der Waals surface area contributed by atoms with E-state index in [1.54, 1.807) is 0 Å². The molecule has 3 rings (SSSR count). The molecule has 24 heavy (non-hydrogen) atoms. The molecule has 0 amide bonds. The van der Waals surface area contributed by atoms with Crippen molar-refractivity contribution in [3.8, 4) is 11.5 Å². The number of nitrogens with one attached hydrogen (secondary N) is 2. The van der Waals surface area contributed by atoms with Gasteiger partial charge in [-0.2, -0.15) is 0 Å². The van der Waals surface area contributed by atoms with Gasteiger partial charge in [0.15, 0.2) is 17.5 Å². The van der Waals surface area contributed by atoms with Gasteiger partial charge in [-0.15, -0.1) is 24.0 Å². The highest BCUT2D eigenvalue weighted by molar-refractivity contribution is 14.0. The number of aliphatic imine (C=N–C) groups is 1. The number of hydrogen-bond donors (Lipinski definition) is 2. The van der Waals surface area contributed by atoms with Crippen LogP contribution in [-0.4, -0.2) is 38.6 Å². The van der Waals surface area contributed by atoms with E-state index in [1.165, 1.54) is 12.8 Å². The van der Waals surface area contributed by atoms with E-state index in [0.29, 0.717) is 19.4 Å². The van der Waals surface area contributed by atoms with E-state index < -0.39 is 0 Å². The minimum Gasteiger partial charge on any atom is -0.454 e. The number of halogens is 1. The van der Waals surface area contributed by atoms with Crippen LogP contribution in [0.15, 0.2) is 23.2 Å². The molecule has 0 aromatic heterocycles. The molecule has 1 atom stereocenters.